The zero-order chi connectivity index (χ0) is 19.3. The van der Waals surface area contributed by atoms with Gasteiger partial charge in [0.05, 0.1) is 0 Å². The lowest BCUT2D eigenvalue weighted by Gasteiger charge is -2.37. The van der Waals surface area contributed by atoms with Crippen LogP contribution in [0, 0.1) is 11.7 Å². The van der Waals surface area contributed by atoms with Crippen molar-refractivity contribution >= 4 is 35.8 Å². The summed E-state index contributed by atoms with van der Waals surface area (Å²) in [6.07, 6.45) is 7.12. The van der Waals surface area contributed by atoms with Gasteiger partial charge in [0.15, 0.2) is 5.96 Å². The molecule has 0 spiro atoms. The van der Waals surface area contributed by atoms with Gasteiger partial charge in [-0.2, -0.15) is 0 Å². The van der Waals surface area contributed by atoms with Gasteiger partial charge in [-0.25, -0.2) is 4.39 Å². The van der Waals surface area contributed by atoms with E-state index in [9.17, 15) is 9.18 Å². The van der Waals surface area contributed by atoms with Crippen molar-refractivity contribution in [2.45, 2.75) is 50.4 Å². The van der Waals surface area contributed by atoms with Crippen LogP contribution in [0.25, 0.3) is 0 Å². The topological polar surface area (TPSA) is 70.7 Å². The number of hydrogen-bond donors (Lipinski definition) is 2. The Kier molecular flexibility index (Phi) is 8.52. The van der Waals surface area contributed by atoms with Crippen LogP contribution in [-0.2, 0) is 10.2 Å². The van der Waals surface area contributed by atoms with Crippen LogP contribution in [0.3, 0.4) is 0 Å². The Labute approximate surface area is 184 Å². The Morgan fingerprint density at radius 3 is 2.57 bits per heavy atom. The highest BCUT2D eigenvalue weighted by molar-refractivity contribution is 14.0. The van der Waals surface area contributed by atoms with Gasteiger partial charge in [-0.3, -0.25) is 9.79 Å². The zero-order valence-electron chi connectivity index (χ0n) is 16.6. The number of aliphatic imine (C=N–C) groups is 1. The maximum absolute atomic E-state index is 13.4. The fraction of sp³-hybridized carbons (Fsp3) is 0.619. The van der Waals surface area contributed by atoms with Crippen LogP contribution in [0.5, 0.6) is 0 Å². The zero-order valence-corrected chi connectivity index (χ0v) is 19.0. The number of guanidine groups is 1. The van der Waals surface area contributed by atoms with Crippen molar-refractivity contribution in [3.63, 3.8) is 0 Å². The second-order valence-corrected chi connectivity index (χ2v) is 8.02. The molecule has 1 aromatic rings. The smallest absolute Gasteiger partial charge is 0.217 e. The van der Waals surface area contributed by atoms with Crippen LogP contribution < -0.4 is 11.1 Å². The molecule has 1 saturated heterocycles. The highest BCUT2D eigenvalue weighted by Gasteiger charge is 2.36. The Morgan fingerprint density at radius 1 is 1.29 bits per heavy atom. The number of benzene rings is 1. The molecule has 0 bridgehead atoms. The number of nitrogens with two attached hydrogens (primary N) is 1. The van der Waals surface area contributed by atoms with Crippen LogP contribution in [-0.4, -0.2) is 43.4 Å². The average Bonchev–Trinajstić information content (AvgIpc) is 3.13. The average molecular weight is 502 g/mol. The van der Waals surface area contributed by atoms with Crippen molar-refractivity contribution in [2.24, 2.45) is 16.6 Å². The van der Waals surface area contributed by atoms with Crippen LogP contribution >= 0.6 is 24.0 Å². The number of piperidine rings is 1. The van der Waals surface area contributed by atoms with Crippen molar-refractivity contribution in [1.82, 2.24) is 10.2 Å². The number of carbonyl (C=O) groups is 1. The van der Waals surface area contributed by atoms with Crippen molar-refractivity contribution in [3.8, 4) is 0 Å². The summed E-state index contributed by atoms with van der Waals surface area (Å²) in [4.78, 5) is 18.0. The Hall–Kier alpha value is -1.38. The second kappa shape index (κ2) is 10.4. The first-order valence-corrected chi connectivity index (χ1v) is 10.0. The third kappa shape index (κ3) is 5.58. The summed E-state index contributed by atoms with van der Waals surface area (Å²) in [6.45, 7) is 2.55. The van der Waals surface area contributed by atoms with Crippen LogP contribution in [0.15, 0.2) is 29.3 Å². The summed E-state index contributed by atoms with van der Waals surface area (Å²) >= 11 is 0. The second-order valence-electron chi connectivity index (χ2n) is 8.02. The number of carbonyl (C=O) groups excluding carboxylic acids is 1. The molecule has 3 rings (SSSR count). The number of nitrogens with one attached hydrogen (secondary N) is 1. The van der Waals surface area contributed by atoms with E-state index in [2.05, 4.69) is 15.2 Å². The van der Waals surface area contributed by atoms with Gasteiger partial charge in [0.1, 0.15) is 5.82 Å². The molecule has 156 valence electrons. The number of rotatable bonds is 5. The summed E-state index contributed by atoms with van der Waals surface area (Å²) in [6, 6.07) is 6.97. The Bertz CT molecular complexity index is 673. The van der Waals surface area contributed by atoms with E-state index in [0.29, 0.717) is 12.3 Å². The number of amides is 1. The fourth-order valence-corrected chi connectivity index (χ4v) is 4.71. The van der Waals surface area contributed by atoms with Gasteiger partial charge < -0.3 is 16.0 Å². The molecule has 28 heavy (non-hydrogen) atoms. The predicted molar refractivity (Wildman–Crippen MR) is 121 cm³/mol. The molecule has 5 nitrogen and oxygen atoms in total. The quantitative estimate of drug-likeness (QED) is 0.369. The molecule has 1 amide bonds. The van der Waals surface area contributed by atoms with Gasteiger partial charge in [-0.05, 0) is 49.3 Å². The lowest BCUT2D eigenvalue weighted by molar-refractivity contribution is -0.119. The van der Waals surface area contributed by atoms with E-state index in [1.165, 1.54) is 18.4 Å². The monoisotopic (exact) mass is 502 g/mol. The van der Waals surface area contributed by atoms with E-state index in [-0.39, 0.29) is 41.1 Å². The van der Waals surface area contributed by atoms with Gasteiger partial charge >= 0.3 is 0 Å². The summed E-state index contributed by atoms with van der Waals surface area (Å²) in [5, 5.41) is 3.57. The molecule has 2 fully saturated rings. The standard InChI is InChI=1S/C21H31FN4O.HI/c1-24-20(26-12-4-5-16(14-26)13-19(23)27)25-15-21(10-2-3-11-21)17-6-8-18(22)9-7-17;/h6-9,16H,2-5,10-15H2,1H3,(H2,23,27)(H,24,25);1H. The molecule has 1 aliphatic carbocycles. The molecule has 0 aromatic heterocycles. The first-order valence-electron chi connectivity index (χ1n) is 10.0. The highest BCUT2D eigenvalue weighted by Crippen LogP contribution is 2.40. The van der Waals surface area contributed by atoms with Crippen molar-refractivity contribution < 1.29 is 9.18 Å². The van der Waals surface area contributed by atoms with Crippen molar-refractivity contribution in [1.29, 1.82) is 0 Å². The minimum Gasteiger partial charge on any atom is -0.370 e. The molecule has 7 heteroatoms. The summed E-state index contributed by atoms with van der Waals surface area (Å²) in [5.41, 5.74) is 6.62. The molecule has 1 aromatic carbocycles. The maximum atomic E-state index is 13.4. The molecule has 2 aliphatic rings. The van der Waals surface area contributed by atoms with Crippen LogP contribution in [0.4, 0.5) is 4.39 Å². The third-order valence-electron chi connectivity index (χ3n) is 6.12. The number of likely N-dealkylation sites (tertiary alicyclic amines) is 1. The third-order valence-corrected chi connectivity index (χ3v) is 6.12. The van der Waals surface area contributed by atoms with E-state index in [1.54, 1.807) is 19.2 Å². The van der Waals surface area contributed by atoms with Gasteiger partial charge in [0, 0.05) is 38.5 Å². The largest absolute Gasteiger partial charge is 0.370 e. The molecule has 1 atom stereocenters. The van der Waals surface area contributed by atoms with Crippen LogP contribution in [0.2, 0.25) is 0 Å². The molecule has 0 radical (unpaired) electrons. The molecule has 1 heterocycles. The maximum Gasteiger partial charge on any atom is 0.217 e. The lowest BCUT2D eigenvalue weighted by Crippen LogP contribution is -2.50. The van der Waals surface area contributed by atoms with E-state index in [1.807, 2.05) is 12.1 Å². The normalized spacial score (nSPS) is 21.9. The minimum absolute atomic E-state index is 0. The molecule has 1 saturated carbocycles. The van der Waals surface area contributed by atoms with E-state index in [4.69, 9.17) is 5.73 Å². The number of primary amides is 1. The van der Waals surface area contributed by atoms with E-state index >= 15 is 0 Å². The van der Waals surface area contributed by atoms with Crippen LogP contribution in [0.1, 0.15) is 50.5 Å². The van der Waals surface area contributed by atoms with Gasteiger partial charge in [0.25, 0.3) is 0 Å². The molecule has 1 unspecified atom stereocenters. The lowest BCUT2D eigenvalue weighted by atomic mass is 9.79. The van der Waals surface area contributed by atoms with Crippen molar-refractivity contribution in [3.05, 3.63) is 35.6 Å². The SMILES string of the molecule is CN=C(NCC1(c2ccc(F)cc2)CCCC1)N1CCCC(CC(N)=O)C1.I. The van der Waals surface area contributed by atoms with E-state index < -0.39 is 0 Å². The Morgan fingerprint density at radius 2 is 1.96 bits per heavy atom. The minimum atomic E-state index is -0.231. The van der Waals surface area contributed by atoms with Crippen molar-refractivity contribution in [2.75, 3.05) is 26.7 Å². The van der Waals surface area contributed by atoms with Gasteiger partial charge in [-0.15, -0.1) is 24.0 Å². The Balaban J connectivity index is 0.00000280. The fourth-order valence-electron chi connectivity index (χ4n) is 4.71. The first-order chi connectivity index (χ1) is 13.0. The first kappa shape index (κ1) is 22.9. The predicted octanol–water partition coefficient (Wildman–Crippen LogP) is 3.42. The summed E-state index contributed by atoms with van der Waals surface area (Å²) in [7, 11) is 1.80. The highest BCUT2D eigenvalue weighted by atomic mass is 127. The molecular formula is C21H32FIN4O. The number of hydrogen-bond acceptors (Lipinski definition) is 2. The number of halogens is 2. The summed E-state index contributed by atoms with van der Waals surface area (Å²) in [5.74, 6) is 0.764. The van der Waals surface area contributed by atoms with E-state index in [0.717, 1.165) is 51.3 Å². The molecule has 1 aliphatic heterocycles. The number of nitrogens with zero attached hydrogens (tertiary/aromatic N) is 2. The van der Waals surface area contributed by atoms with Gasteiger partial charge in [0.2, 0.25) is 5.91 Å². The molecule has 3 N–H and O–H groups in total. The molecular weight excluding hydrogens is 470 g/mol. The van der Waals surface area contributed by atoms with Gasteiger partial charge in [-0.1, -0.05) is 25.0 Å². The summed E-state index contributed by atoms with van der Waals surface area (Å²) < 4.78 is 13.4.